The van der Waals surface area contributed by atoms with E-state index in [9.17, 15) is 5.11 Å². The monoisotopic (exact) mass is 456 g/mol. The lowest BCUT2D eigenvalue weighted by Crippen LogP contribution is -2.15. The van der Waals surface area contributed by atoms with Crippen molar-refractivity contribution in [2.24, 2.45) is 0 Å². The second-order valence-corrected chi connectivity index (χ2v) is 9.26. The molecule has 31 heavy (non-hydrogen) atoms. The van der Waals surface area contributed by atoms with E-state index in [1.807, 2.05) is 0 Å². The maximum atomic E-state index is 10.4. The summed E-state index contributed by atoms with van der Waals surface area (Å²) in [6, 6.07) is 4.24. The van der Waals surface area contributed by atoms with E-state index in [2.05, 4.69) is 59.0 Å². The van der Waals surface area contributed by atoms with E-state index in [1.54, 1.807) is 13.8 Å². The van der Waals surface area contributed by atoms with Gasteiger partial charge in [0.15, 0.2) is 0 Å². The molecule has 0 aliphatic heterocycles. The number of thiocarbonyl (C=S) groups is 1. The lowest BCUT2D eigenvalue weighted by molar-refractivity contribution is 0.280. The highest BCUT2D eigenvalue weighted by atomic mass is 35.5. The van der Waals surface area contributed by atoms with Gasteiger partial charge < -0.3 is 15.8 Å². The summed E-state index contributed by atoms with van der Waals surface area (Å²) in [7, 11) is 0. The largest absolute Gasteiger partial charge is 0.392 e. The zero-order valence-electron chi connectivity index (χ0n) is 19.8. The van der Waals surface area contributed by atoms with Crippen LogP contribution in [0, 0.1) is 19.3 Å². The van der Waals surface area contributed by atoms with Crippen LogP contribution in [0.5, 0.6) is 0 Å². The van der Waals surface area contributed by atoms with Crippen LogP contribution in [0.1, 0.15) is 74.9 Å². The molecule has 0 spiro atoms. The smallest absolute Gasteiger partial charge is 0.0766 e. The van der Waals surface area contributed by atoms with E-state index in [0.717, 1.165) is 22.3 Å². The molecule has 0 radical (unpaired) electrons. The van der Waals surface area contributed by atoms with Gasteiger partial charge in [0.05, 0.1) is 22.3 Å². The minimum Gasteiger partial charge on any atom is -0.392 e. The summed E-state index contributed by atoms with van der Waals surface area (Å²) in [5, 5.41) is 22.5. The van der Waals surface area contributed by atoms with Crippen LogP contribution >= 0.6 is 23.8 Å². The van der Waals surface area contributed by atoms with Gasteiger partial charge in [0.1, 0.15) is 0 Å². The zero-order valence-corrected chi connectivity index (χ0v) is 21.4. The van der Waals surface area contributed by atoms with Crippen LogP contribution in [0.25, 0.3) is 16.7 Å². The third-order valence-electron chi connectivity index (χ3n) is 5.97. The van der Waals surface area contributed by atoms with E-state index in [0.29, 0.717) is 33.4 Å². The minimum absolute atomic E-state index is 0.175. The summed E-state index contributed by atoms with van der Waals surface area (Å²) in [6.45, 7) is 16.0. The number of benzene rings is 2. The second-order valence-electron chi connectivity index (χ2n) is 8.27. The number of anilines is 1. The van der Waals surface area contributed by atoms with E-state index in [4.69, 9.17) is 29.2 Å². The van der Waals surface area contributed by atoms with Crippen LogP contribution in [-0.4, -0.2) is 15.8 Å². The van der Waals surface area contributed by atoms with Gasteiger partial charge in [0.2, 0.25) is 0 Å². The average Bonchev–Trinajstić information content (AvgIpc) is 2.69. The van der Waals surface area contributed by atoms with E-state index in [-0.39, 0.29) is 6.61 Å². The number of aliphatic hydroxyl groups is 1. The third-order valence-corrected chi connectivity index (χ3v) is 6.45. The first kappa shape index (κ1) is 25.3. The first-order valence-corrected chi connectivity index (χ1v) is 11.3. The molecule has 0 amide bonds. The van der Waals surface area contributed by atoms with Gasteiger partial charge in [-0.05, 0) is 93.8 Å². The lowest BCUT2D eigenvalue weighted by atomic mass is 9.82. The molecule has 166 valence electrons. The number of allylic oxidation sites excluding steroid dienone is 2. The maximum Gasteiger partial charge on any atom is 0.0766 e. The molecular formula is C26H33ClN2OS. The Morgan fingerprint density at radius 1 is 1.06 bits per heavy atom. The van der Waals surface area contributed by atoms with Crippen LogP contribution in [0.4, 0.5) is 5.69 Å². The van der Waals surface area contributed by atoms with Crippen LogP contribution in [0.2, 0.25) is 5.02 Å². The summed E-state index contributed by atoms with van der Waals surface area (Å²) >= 11 is 12.4. The van der Waals surface area contributed by atoms with Crippen molar-refractivity contribution in [2.45, 2.75) is 68.4 Å². The summed E-state index contributed by atoms with van der Waals surface area (Å²) in [6.07, 6.45) is 0.683. The molecule has 2 rings (SSSR count). The Bertz CT molecular complexity index is 1100. The molecule has 0 aromatic heterocycles. The fourth-order valence-corrected chi connectivity index (χ4v) is 4.59. The minimum atomic E-state index is -0.175. The standard InChI is InChI=1S/C26H33ClN2OS/c1-9-19-21(12-30)23(17(7)28)26(29-18(8)31)25(27)24(19)20-11-10-14(4)16(6)22(20)15(5)13(2)3/h10-11,28,30H,9,12H2,1-8H3,(H,29,31). The van der Waals surface area contributed by atoms with E-state index < -0.39 is 0 Å². The number of halogens is 1. The van der Waals surface area contributed by atoms with Crippen molar-refractivity contribution < 1.29 is 5.11 Å². The van der Waals surface area contributed by atoms with Crippen molar-refractivity contribution >= 4 is 45.8 Å². The molecule has 3 N–H and O–H groups in total. The molecule has 0 saturated carbocycles. The third kappa shape index (κ3) is 4.77. The maximum absolute atomic E-state index is 10.4. The van der Waals surface area contributed by atoms with Crippen molar-refractivity contribution in [3.05, 3.63) is 56.1 Å². The quantitative estimate of drug-likeness (QED) is 0.309. The highest BCUT2D eigenvalue weighted by molar-refractivity contribution is 7.80. The summed E-state index contributed by atoms with van der Waals surface area (Å²) < 4.78 is 0. The summed E-state index contributed by atoms with van der Waals surface area (Å²) in [5.41, 5.74) is 11.3. The Labute approximate surface area is 197 Å². The fourth-order valence-electron chi connectivity index (χ4n) is 4.13. The van der Waals surface area contributed by atoms with Crippen LogP contribution < -0.4 is 5.32 Å². The first-order valence-electron chi connectivity index (χ1n) is 10.5. The van der Waals surface area contributed by atoms with Gasteiger partial charge in [-0.3, -0.25) is 0 Å². The number of nitrogens with one attached hydrogen (secondary N) is 2. The Kier molecular flexibility index (Phi) is 8.21. The first-order chi connectivity index (χ1) is 14.5. The molecule has 0 atom stereocenters. The summed E-state index contributed by atoms with van der Waals surface area (Å²) in [5.74, 6) is 0. The fraction of sp³-hybridized carbons (Fsp3) is 0.385. The van der Waals surface area contributed by atoms with Crippen molar-refractivity contribution in [2.75, 3.05) is 5.32 Å². The van der Waals surface area contributed by atoms with Gasteiger partial charge in [-0.25, -0.2) is 0 Å². The normalized spacial score (nSPS) is 10.8. The Morgan fingerprint density at radius 2 is 1.68 bits per heavy atom. The number of rotatable bonds is 6. The molecule has 5 heteroatoms. The van der Waals surface area contributed by atoms with Crippen LogP contribution in [0.3, 0.4) is 0 Å². The predicted octanol–water partition coefficient (Wildman–Crippen LogP) is 7.64. The SMILES string of the molecule is CCc1c(CO)c(C(C)=N)c(NC(C)=S)c(Cl)c1-c1ccc(C)c(C)c1C(C)=C(C)C. The van der Waals surface area contributed by atoms with Crippen LogP contribution in [-0.2, 0) is 13.0 Å². The summed E-state index contributed by atoms with van der Waals surface area (Å²) in [4.78, 5) is 0.560. The second kappa shape index (κ2) is 10.1. The van der Waals surface area contributed by atoms with Gasteiger partial charge in [-0.1, -0.05) is 48.4 Å². The van der Waals surface area contributed by atoms with Crippen molar-refractivity contribution in [3.63, 3.8) is 0 Å². The predicted molar refractivity (Wildman–Crippen MR) is 140 cm³/mol. The topological polar surface area (TPSA) is 56.1 Å². The van der Waals surface area contributed by atoms with Crippen molar-refractivity contribution in [1.82, 2.24) is 0 Å². The van der Waals surface area contributed by atoms with Gasteiger partial charge in [-0.15, -0.1) is 0 Å². The average molecular weight is 457 g/mol. The highest BCUT2D eigenvalue weighted by Gasteiger charge is 2.26. The molecule has 3 nitrogen and oxygen atoms in total. The van der Waals surface area contributed by atoms with Gasteiger partial charge >= 0.3 is 0 Å². The molecule has 0 heterocycles. The van der Waals surface area contributed by atoms with E-state index in [1.165, 1.54) is 27.8 Å². The molecule has 2 aromatic rings. The molecule has 2 aromatic carbocycles. The molecule has 0 bridgehead atoms. The molecule has 0 aliphatic rings. The highest BCUT2D eigenvalue weighted by Crippen LogP contribution is 2.46. The number of aliphatic hydroxyl groups excluding tert-OH is 1. The molecule has 0 saturated heterocycles. The number of aryl methyl sites for hydroxylation is 1. The number of hydrogen-bond acceptors (Lipinski definition) is 3. The number of hydrogen-bond donors (Lipinski definition) is 3. The molecular weight excluding hydrogens is 424 g/mol. The van der Waals surface area contributed by atoms with Crippen molar-refractivity contribution in [3.8, 4) is 11.1 Å². The molecule has 0 unspecified atom stereocenters. The Hall–Kier alpha value is -2.01. The van der Waals surface area contributed by atoms with Gasteiger partial charge in [0, 0.05) is 16.8 Å². The van der Waals surface area contributed by atoms with Crippen molar-refractivity contribution in [1.29, 1.82) is 5.41 Å². The Balaban J connectivity index is 3.17. The van der Waals surface area contributed by atoms with Gasteiger partial charge in [0.25, 0.3) is 0 Å². The van der Waals surface area contributed by atoms with Crippen LogP contribution in [0.15, 0.2) is 17.7 Å². The molecule has 0 aliphatic carbocycles. The van der Waals surface area contributed by atoms with E-state index >= 15 is 0 Å². The lowest BCUT2D eigenvalue weighted by Gasteiger charge is -2.26. The zero-order chi connectivity index (χ0) is 23.6. The molecule has 0 fully saturated rings. The Morgan fingerprint density at radius 3 is 2.13 bits per heavy atom. The van der Waals surface area contributed by atoms with Gasteiger partial charge in [-0.2, -0.15) is 0 Å².